The zero-order chi connectivity index (χ0) is 19.1. The van der Waals surface area contributed by atoms with Gasteiger partial charge in [0.05, 0.1) is 6.61 Å². The van der Waals surface area contributed by atoms with Gasteiger partial charge in [-0.25, -0.2) is 0 Å². The molecule has 0 aromatic carbocycles. The number of halogens is 1. The first-order valence-electron chi connectivity index (χ1n) is 7.32. The molecule has 1 aliphatic rings. The standard InChI is InChI=1S/C14H22N2O8S.BrH/c1-6(17)21-10-9(5-20-4)24-13(25-14(15)16)12(23-8(3)19)11(10)22-7(2)18;/h9-13H,5H2,1-4H3,(H3,15,16);1H/t9-,10-,11+,12+,13-;/m1./s1. The Morgan fingerprint density at radius 1 is 1.00 bits per heavy atom. The molecule has 0 aromatic heterocycles. The molecule has 0 aliphatic carbocycles. The van der Waals surface area contributed by atoms with E-state index < -0.39 is 47.8 Å². The first-order chi connectivity index (χ1) is 11.6. The minimum absolute atomic E-state index is 0. The minimum Gasteiger partial charge on any atom is -0.456 e. The van der Waals surface area contributed by atoms with Crippen LogP contribution in [-0.4, -0.2) is 66.6 Å². The summed E-state index contributed by atoms with van der Waals surface area (Å²) in [5, 5.41) is 7.15. The fraction of sp³-hybridized carbons (Fsp3) is 0.714. The summed E-state index contributed by atoms with van der Waals surface area (Å²) in [6.45, 7) is 3.54. The van der Waals surface area contributed by atoms with Crippen LogP contribution in [-0.2, 0) is 38.1 Å². The van der Waals surface area contributed by atoms with Crippen molar-refractivity contribution in [1.29, 1.82) is 5.41 Å². The van der Waals surface area contributed by atoms with E-state index >= 15 is 0 Å². The summed E-state index contributed by atoms with van der Waals surface area (Å²) < 4.78 is 26.5. The number of nitrogens with one attached hydrogen (secondary N) is 1. The molecule has 0 saturated carbocycles. The summed E-state index contributed by atoms with van der Waals surface area (Å²) >= 11 is 0.781. The van der Waals surface area contributed by atoms with Gasteiger partial charge in [0.25, 0.3) is 0 Å². The van der Waals surface area contributed by atoms with Gasteiger partial charge < -0.3 is 29.4 Å². The number of nitrogens with two attached hydrogens (primary N) is 1. The third-order valence-electron chi connectivity index (χ3n) is 3.07. The van der Waals surface area contributed by atoms with Crippen LogP contribution in [0, 0.1) is 5.41 Å². The van der Waals surface area contributed by atoms with Gasteiger partial charge >= 0.3 is 17.9 Å². The summed E-state index contributed by atoms with van der Waals surface area (Å²) in [6, 6.07) is 0. The van der Waals surface area contributed by atoms with Crippen molar-refractivity contribution < 1.29 is 38.1 Å². The predicted octanol–water partition coefficient (Wildman–Crippen LogP) is 0.357. The maximum Gasteiger partial charge on any atom is 0.303 e. The molecule has 0 aromatic rings. The highest BCUT2D eigenvalue weighted by molar-refractivity contribution is 8.93. The van der Waals surface area contributed by atoms with Crippen molar-refractivity contribution >= 4 is 51.8 Å². The second kappa shape index (κ2) is 11.4. The molecule has 1 aliphatic heterocycles. The molecular weight excluding hydrogens is 436 g/mol. The van der Waals surface area contributed by atoms with Crippen LogP contribution >= 0.6 is 28.7 Å². The number of esters is 3. The van der Waals surface area contributed by atoms with Gasteiger partial charge in [-0.2, -0.15) is 0 Å². The van der Waals surface area contributed by atoms with Crippen molar-refractivity contribution in [2.45, 2.75) is 50.6 Å². The number of rotatable bonds is 6. The van der Waals surface area contributed by atoms with E-state index in [1.54, 1.807) is 0 Å². The fourth-order valence-corrected chi connectivity index (χ4v) is 3.17. The van der Waals surface area contributed by atoms with E-state index in [9.17, 15) is 14.4 Å². The van der Waals surface area contributed by atoms with Crippen molar-refractivity contribution in [2.24, 2.45) is 5.73 Å². The molecule has 0 unspecified atom stereocenters. The highest BCUT2D eigenvalue weighted by Crippen LogP contribution is 2.34. The van der Waals surface area contributed by atoms with Crippen molar-refractivity contribution in [3.05, 3.63) is 0 Å². The fourth-order valence-electron chi connectivity index (χ4n) is 2.37. The van der Waals surface area contributed by atoms with Gasteiger partial charge in [-0.15, -0.1) is 17.0 Å². The van der Waals surface area contributed by atoms with Crippen molar-refractivity contribution in [3.8, 4) is 0 Å². The maximum absolute atomic E-state index is 11.5. The number of ether oxygens (including phenoxy) is 5. The lowest BCUT2D eigenvalue weighted by molar-refractivity contribution is -0.237. The molecule has 0 spiro atoms. The Hall–Kier alpha value is -1.37. The van der Waals surface area contributed by atoms with E-state index in [1.165, 1.54) is 27.9 Å². The Kier molecular flexibility index (Phi) is 10.8. The number of carbonyl (C=O) groups is 3. The summed E-state index contributed by atoms with van der Waals surface area (Å²) in [5.41, 5.74) is 4.45. The second-order valence-corrected chi connectivity index (χ2v) is 6.34. The Morgan fingerprint density at radius 2 is 1.46 bits per heavy atom. The molecule has 1 saturated heterocycles. The zero-order valence-electron chi connectivity index (χ0n) is 14.8. The van der Waals surface area contributed by atoms with Gasteiger partial charge in [0, 0.05) is 27.9 Å². The number of methoxy groups -OCH3 is 1. The number of thioether (sulfide) groups is 1. The smallest absolute Gasteiger partial charge is 0.303 e. The molecule has 150 valence electrons. The van der Waals surface area contributed by atoms with Crippen molar-refractivity contribution in [1.82, 2.24) is 0 Å². The molecule has 0 radical (unpaired) electrons. The van der Waals surface area contributed by atoms with Gasteiger partial charge in [-0.1, -0.05) is 11.8 Å². The molecule has 12 heteroatoms. The number of hydrogen-bond donors (Lipinski definition) is 2. The lowest BCUT2D eigenvalue weighted by atomic mass is 9.99. The van der Waals surface area contributed by atoms with Crippen LogP contribution in [0.1, 0.15) is 20.8 Å². The highest BCUT2D eigenvalue weighted by atomic mass is 79.9. The largest absolute Gasteiger partial charge is 0.456 e. The number of carbonyl (C=O) groups excluding carboxylic acids is 3. The topological polar surface area (TPSA) is 147 Å². The zero-order valence-corrected chi connectivity index (χ0v) is 17.3. The van der Waals surface area contributed by atoms with Gasteiger partial charge in [0.1, 0.15) is 6.10 Å². The molecule has 0 amide bonds. The summed E-state index contributed by atoms with van der Waals surface area (Å²) in [7, 11) is 1.42. The average Bonchev–Trinajstić information content (AvgIpc) is 2.45. The van der Waals surface area contributed by atoms with Crippen LogP contribution in [0.3, 0.4) is 0 Å². The van der Waals surface area contributed by atoms with Gasteiger partial charge in [0.2, 0.25) is 0 Å². The van der Waals surface area contributed by atoms with Crippen LogP contribution in [0.4, 0.5) is 0 Å². The average molecular weight is 459 g/mol. The van der Waals surface area contributed by atoms with E-state index in [1.807, 2.05) is 0 Å². The van der Waals surface area contributed by atoms with Crippen LogP contribution in [0.15, 0.2) is 0 Å². The highest BCUT2D eigenvalue weighted by Gasteiger charge is 2.52. The van der Waals surface area contributed by atoms with Gasteiger partial charge in [-0.05, 0) is 0 Å². The molecule has 1 fully saturated rings. The third-order valence-corrected chi connectivity index (χ3v) is 3.94. The maximum atomic E-state index is 11.5. The Balaban J connectivity index is 0.00000625. The summed E-state index contributed by atoms with van der Waals surface area (Å²) in [6.07, 6.45) is -4.15. The molecule has 0 bridgehead atoms. The summed E-state index contributed by atoms with van der Waals surface area (Å²) in [4.78, 5) is 34.4. The quantitative estimate of drug-likeness (QED) is 0.247. The van der Waals surface area contributed by atoms with Crippen LogP contribution in [0.2, 0.25) is 0 Å². The second-order valence-electron chi connectivity index (χ2n) is 5.20. The number of amidine groups is 1. The van der Waals surface area contributed by atoms with Crippen molar-refractivity contribution in [2.75, 3.05) is 13.7 Å². The lowest BCUT2D eigenvalue weighted by Crippen LogP contribution is -2.61. The van der Waals surface area contributed by atoms with E-state index in [0.717, 1.165) is 11.8 Å². The molecule has 3 N–H and O–H groups in total. The van der Waals surface area contributed by atoms with Crippen molar-refractivity contribution in [3.63, 3.8) is 0 Å². The molecule has 10 nitrogen and oxygen atoms in total. The Bertz CT molecular complexity index is 535. The molecule has 26 heavy (non-hydrogen) atoms. The van der Waals surface area contributed by atoms with E-state index in [2.05, 4.69) is 0 Å². The first-order valence-corrected chi connectivity index (χ1v) is 8.20. The van der Waals surface area contributed by atoms with Crippen LogP contribution in [0.5, 0.6) is 0 Å². The molecule has 5 atom stereocenters. The van der Waals surface area contributed by atoms with E-state index in [4.69, 9.17) is 34.8 Å². The Labute approximate surface area is 165 Å². The van der Waals surface area contributed by atoms with Crippen LogP contribution < -0.4 is 5.73 Å². The van der Waals surface area contributed by atoms with E-state index in [0.29, 0.717) is 0 Å². The molecular formula is C14H23BrN2O8S. The third kappa shape index (κ3) is 7.48. The molecule has 1 heterocycles. The minimum atomic E-state index is -1.14. The van der Waals surface area contributed by atoms with Gasteiger partial charge in [0.15, 0.2) is 28.9 Å². The first kappa shape index (κ1) is 24.6. The van der Waals surface area contributed by atoms with Crippen LogP contribution in [0.25, 0.3) is 0 Å². The van der Waals surface area contributed by atoms with E-state index in [-0.39, 0.29) is 28.8 Å². The predicted molar refractivity (Wildman–Crippen MR) is 97.0 cm³/mol. The normalized spacial score (nSPS) is 27.6. The Morgan fingerprint density at radius 3 is 1.88 bits per heavy atom. The summed E-state index contributed by atoms with van der Waals surface area (Å²) in [5.74, 6) is -1.96. The SMILES string of the molecule is Br.COC[C@H]1O[C@H](SC(=N)N)[C@@H](OC(C)=O)[C@@H](OC(C)=O)[C@@H]1OC(C)=O. The monoisotopic (exact) mass is 458 g/mol. The lowest BCUT2D eigenvalue weighted by Gasteiger charge is -2.44. The molecule has 1 rings (SSSR count). The number of hydrogen-bond acceptors (Lipinski definition) is 10. The van der Waals surface area contributed by atoms with Gasteiger partial charge in [-0.3, -0.25) is 19.8 Å².